The summed E-state index contributed by atoms with van der Waals surface area (Å²) >= 11 is 0. The molecule has 1 saturated carbocycles. The van der Waals surface area contributed by atoms with Crippen molar-refractivity contribution >= 4 is 0 Å². The highest BCUT2D eigenvalue weighted by Gasteiger charge is 2.32. The van der Waals surface area contributed by atoms with Crippen molar-refractivity contribution in [1.29, 1.82) is 0 Å². The molecule has 2 N–H and O–H groups in total. The number of nitrogens with two attached hydrogens (primary N) is 1. The molecule has 1 aliphatic carbocycles. The maximum Gasteiger partial charge on any atom is 0.0251 e. The van der Waals surface area contributed by atoms with E-state index >= 15 is 0 Å². The van der Waals surface area contributed by atoms with Crippen molar-refractivity contribution in [3.63, 3.8) is 0 Å². The van der Waals surface area contributed by atoms with Gasteiger partial charge in [0.25, 0.3) is 0 Å². The highest BCUT2D eigenvalue weighted by Crippen LogP contribution is 2.24. The van der Waals surface area contributed by atoms with Crippen LogP contribution < -0.4 is 5.73 Å². The third-order valence-electron chi connectivity index (χ3n) is 4.34. The van der Waals surface area contributed by atoms with Crippen LogP contribution in [-0.4, -0.2) is 54.6 Å². The second kappa shape index (κ2) is 5.48. The SMILES string of the molecule is CC1CN(C)CCN1C1CCCCCC1N. The summed E-state index contributed by atoms with van der Waals surface area (Å²) in [5.41, 5.74) is 6.35. The lowest BCUT2D eigenvalue weighted by Gasteiger charge is -2.44. The highest BCUT2D eigenvalue weighted by atomic mass is 15.3. The van der Waals surface area contributed by atoms with Crippen LogP contribution in [0.5, 0.6) is 0 Å². The maximum absolute atomic E-state index is 6.35. The molecule has 1 saturated heterocycles. The van der Waals surface area contributed by atoms with E-state index in [9.17, 15) is 0 Å². The van der Waals surface area contributed by atoms with E-state index in [1.54, 1.807) is 0 Å². The van der Waals surface area contributed by atoms with E-state index in [0.717, 1.165) is 0 Å². The fourth-order valence-corrected chi connectivity index (χ4v) is 3.38. The molecular weight excluding hydrogens is 198 g/mol. The molecule has 94 valence electrons. The van der Waals surface area contributed by atoms with Crippen molar-refractivity contribution in [3.8, 4) is 0 Å². The summed E-state index contributed by atoms with van der Waals surface area (Å²) in [4.78, 5) is 5.11. The van der Waals surface area contributed by atoms with Gasteiger partial charge in [0.1, 0.15) is 0 Å². The molecule has 2 rings (SSSR count). The monoisotopic (exact) mass is 225 g/mol. The minimum absolute atomic E-state index is 0.411. The van der Waals surface area contributed by atoms with Crippen LogP contribution in [0.15, 0.2) is 0 Å². The molecule has 0 radical (unpaired) electrons. The topological polar surface area (TPSA) is 32.5 Å². The quantitative estimate of drug-likeness (QED) is 0.682. The van der Waals surface area contributed by atoms with Gasteiger partial charge in [-0.2, -0.15) is 0 Å². The maximum atomic E-state index is 6.35. The lowest BCUT2D eigenvalue weighted by Crippen LogP contribution is -2.58. The lowest BCUT2D eigenvalue weighted by molar-refractivity contribution is 0.0476. The van der Waals surface area contributed by atoms with Gasteiger partial charge in [-0.25, -0.2) is 0 Å². The van der Waals surface area contributed by atoms with Gasteiger partial charge in [-0.15, -0.1) is 0 Å². The molecule has 0 aromatic carbocycles. The van der Waals surface area contributed by atoms with Crippen molar-refractivity contribution < 1.29 is 0 Å². The van der Waals surface area contributed by atoms with Crippen molar-refractivity contribution in [2.24, 2.45) is 5.73 Å². The summed E-state index contributed by atoms with van der Waals surface area (Å²) in [7, 11) is 2.22. The number of likely N-dealkylation sites (N-methyl/N-ethyl adjacent to an activating group) is 1. The van der Waals surface area contributed by atoms with Gasteiger partial charge in [0.05, 0.1) is 0 Å². The first kappa shape index (κ1) is 12.3. The fourth-order valence-electron chi connectivity index (χ4n) is 3.38. The van der Waals surface area contributed by atoms with E-state index in [1.165, 1.54) is 51.7 Å². The molecule has 3 nitrogen and oxygen atoms in total. The van der Waals surface area contributed by atoms with Gasteiger partial charge in [0, 0.05) is 37.8 Å². The largest absolute Gasteiger partial charge is 0.326 e. The normalized spacial score (nSPS) is 39.6. The summed E-state index contributed by atoms with van der Waals surface area (Å²) in [5.74, 6) is 0. The number of hydrogen-bond acceptors (Lipinski definition) is 3. The smallest absolute Gasteiger partial charge is 0.0251 e. The number of nitrogens with zero attached hydrogens (tertiary/aromatic N) is 2. The van der Waals surface area contributed by atoms with Crippen molar-refractivity contribution in [2.75, 3.05) is 26.7 Å². The van der Waals surface area contributed by atoms with Crippen LogP contribution in [0.1, 0.15) is 39.0 Å². The lowest BCUT2D eigenvalue weighted by atomic mass is 9.99. The highest BCUT2D eigenvalue weighted by molar-refractivity contribution is 4.90. The van der Waals surface area contributed by atoms with Crippen LogP contribution in [0.3, 0.4) is 0 Å². The van der Waals surface area contributed by atoms with Gasteiger partial charge in [-0.05, 0) is 26.8 Å². The molecule has 3 heteroatoms. The summed E-state index contributed by atoms with van der Waals surface area (Å²) in [6.07, 6.45) is 6.63. The molecule has 2 fully saturated rings. The van der Waals surface area contributed by atoms with Gasteiger partial charge < -0.3 is 10.6 Å². The summed E-state index contributed by atoms with van der Waals surface area (Å²) < 4.78 is 0. The van der Waals surface area contributed by atoms with E-state index in [2.05, 4.69) is 23.8 Å². The minimum Gasteiger partial charge on any atom is -0.326 e. The second-order valence-corrected chi connectivity index (χ2v) is 5.72. The van der Waals surface area contributed by atoms with Crippen LogP contribution in [0.25, 0.3) is 0 Å². The fraction of sp³-hybridized carbons (Fsp3) is 1.00. The molecule has 3 atom stereocenters. The van der Waals surface area contributed by atoms with Crippen LogP contribution in [-0.2, 0) is 0 Å². The molecule has 0 amide bonds. The van der Waals surface area contributed by atoms with Crippen molar-refractivity contribution in [1.82, 2.24) is 9.80 Å². The Kier molecular flexibility index (Phi) is 4.22. The number of hydrogen-bond donors (Lipinski definition) is 1. The average molecular weight is 225 g/mol. The predicted molar refractivity (Wildman–Crippen MR) is 68.5 cm³/mol. The zero-order valence-corrected chi connectivity index (χ0v) is 10.9. The van der Waals surface area contributed by atoms with Crippen molar-refractivity contribution in [3.05, 3.63) is 0 Å². The Balaban J connectivity index is 1.98. The van der Waals surface area contributed by atoms with Crippen LogP contribution >= 0.6 is 0 Å². The molecule has 1 heterocycles. The van der Waals surface area contributed by atoms with Crippen molar-refractivity contribution in [2.45, 2.75) is 57.2 Å². The van der Waals surface area contributed by atoms with Gasteiger partial charge in [-0.1, -0.05) is 19.3 Å². The van der Waals surface area contributed by atoms with Gasteiger partial charge in [0.15, 0.2) is 0 Å². The molecule has 1 aliphatic heterocycles. The Hall–Kier alpha value is -0.120. The first-order valence-corrected chi connectivity index (χ1v) is 6.88. The first-order chi connectivity index (χ1) is 7.68. The second-order valence-electron chi connectivity index (χ2n) is 5.72. The number of rotatable bonds is 1. The Morgan fingerprint density at radius 1 is 1.06 bits per heavy atom. The molecule has 0 spiro atoms. The summed E-state index contributed by atoms with van der Waals surface area (Å²) in [5, 5.41) is 0. The van der Waals surface area contributed by atoms with Gasteiger partial charge >= 0.3 is 0 Å². The molecule has 0 aromatic heterocycles. The third-order valence-corrected chi connectivity index (χ3v) is 4.34. The molecule has 0 aromatic rings. The molecule has 3 unspecified atom stereocenters. The summed E-state index contributed by atoms with van der Waals surface area (Å²) in [6, 6.07) is 1.73. The molecule has 0 bridgehead atoms. The van der Waals surface area contributed by atoms with E-state index in [4.69, 9.17) is 5.73 Å². The van der Waals surface area contributed by atoms with Crippen LogP contribution in [0.4, 0.5) is 0 Å². The zero-order chi connectivity index (χ0) is 11.5. The third kappa shape index (κ3) is 2.76. The van der Waals surface area contributed by atoms with E-state index in [0.29, 0.717) is 18.1 Å². The van der Waals surface area contributed by atoms with Gasteiger partial charge in [-0.3, -0.25) is 4.90 Å². The standard InChI is InChI=1S/C13H27N3/c1-11-10-15(2)8-9-16(11)13-7-5-3-4-6-12(13)14/h11-13H,3-10,14H2,1-2H3. The average Bonchev–Trinajstić information content (AvgIpc) is 2.44. The Morgan fingerprint density at radius 3 is 2.56 bits per heavy atom. The van der Waals surface area contributed by atoms with E-state index in [1.807, 2.05) is 0 Å². The van der Waals surface area contributed by atoms with Crippen LogP contribution in [0, 0.1) is 0 Å². The summed E-state index contributed by atoms with van der Waals surface area (Å²) in [6.45, 7) is 5.96. The Bertz CT molecular complexity index is 219. The number of piperazine rings is 1. The van der Waals surface area contributed by atoms with Gasteiger partial charge in [0.2, 0.25) is 0 Å². The zero-order valence-electron chi connectivity index (χ0n) is 10.9. The Labute approximate surface area is 100.0 Å². The van der Waals surface area contributed by atoms with E-state index < -0.39 is 0 Å². The molecular formula is C13H27N3. The van der Waals surface area contributed by atoms with Crippen LogP contribution in [0.2, 0.25) is 0 Å². The predicted octanol–water partition coefficient (Wildman–Crippen LogP) is 1.28. The first-order valence-electron chi connectivity index (χ1n) is 6.88. The molecule has 16 heavy (non-hydrogen) atoms. The molecule has 2 aliphatic rings. The Morgan fingerprint density at radius 2 is 1.81 bits per heavy atom. The van der Waals surface area contributed by atoms with E-state index in [-0.39, 0.29) is 0 Å². The minimum atomic E-state index is 0.411.